The fourth-order valence-corrected chi connectivity index (χ4v) is 8.05. The molecule has 0 unspecified atom stereocenters. The molecule has 1 N–H and O–H groups in total. The molecule has 1 aliphatic carbocycles. The smallest absolute Gasteiger partial charge is 0.319 e. The topological polar surface area (TPSA) is 66.4 Å². The molecule has 0 bridgehead atoms. The van der Waals surface area contributed by atoms with Gasteiger partial charge in [0.05, 0.1) is 10.9 Å². The number of rotatable bonds is 9. The first kappa shape index (κ1) is 29.6. The van der Waals surface area contributed by atoms with E-state index in [1.165, 1.54) is 19.3 Å². The second-order valence-electron chi connectivity index (χ2n) is 13.6. The quantitative estimate of drug-likeness (QED) is 0.207. The lowest BCUT2D eigenvalue weighted by molar-refractivity contribution is 0.0738. The van der Waals surface area contributed by atoms with Crippen LogP contribution in [0.4, 0.5) is 10.2 Å². The van der Waals surface area contributed by atoms with Crippen LogP contribution in [0.1, 0.15) is 70.3 Å². The van der Waals surface area contributed by atoms with Gasteiger partial charge in [0.25, 0.3) is 0 Å². The number of nitrogens with zero attached hydrogens (tertiary/aromatic N) is 5. The molecule has 0 amide bonds. The van der Waals surface area contributed by atoms with Gasteiger partial charge in [0, 0.05) is 28.9 Å². The number of aromatic nitrogens is 3. The average Bonchev–Trinajstić information content (AvgIpc) is 3.56. The van der Waals surface area contributed by atoms with Gasteiger partial charge in [-0.15, -0.1) is 0 Å². The summed E-state index contributed by atoms with van der Waals surface area (Å²) in [7, 11) is 4.24. The number of pyridine rings is 1. The van der Waals surface area contributed by atoms with Crippen LogP contribution in [-0.2, 0) is 0 Å². The first-order chi connectivity index (χ1) is 21.2. The van der Waals surface area contributed by atoms with E-state index in [-0.39, 0.29) is 34.2 Å². The molecule has 1 saturated carbocycles. The van der Waals surface area contributed by atoms with Crippen molar-refractivity contribution in [2.45, 2.75) is 75.8 Å². The van der Waals surface area contributed by atoms with E-state index in [4.69, 9.17) is 31.3 Å². The lowest BCUT2D eigenvalue weighted by Crippen LogP contribution is -2.54. The predicted molar refractivity (Wildman–Crippen MR) is 176 cm³/mol. The summed E-state index contributed by atoms with van der Waals surface area (Å²) < 4.78 is 23.1. The Kier molecular flexibility index (Phi) is 7.66. The molecule has 7 rings (SSSR count). The predicted octanol–water partition coefficient (Wildman–Crippen LogP) is 7.66. The van der Waals surface area contributed by atoms with Crippen molar-refractivity contribution in [3.63, 3.8) is 0 Å². The first-order valence-electron chi connectivity index (χ1n) is 16.1. The van der Waals surface area contributed by atoms with E-state index in [9.17, 15) is 0 Å². The Labute approximate surface area is 264 Å². The highest BCUT2D eigenvalue weighted by molar-refractivity contribution is 6.32. The minimum absolute atomic E-state index is 0.0348. The Balaban J connectivity index is 1.32. The van der Waals surface area contributed by atoms with E-state index in [1.807, 2.05) is 24.3 Å². The molecule has 3 fully saturated rings. The summed E-state index contributed by atoms with van der Waals surface area (Å²) in [4.78, 5) is 19.1. The number of hydrogen-bond acceptors (Lipinski definition) is 7. The number of hydrogen-bond donors (Lipinski definition) is 1. The standard InChI is InChI=1S/C35H42ClFN6O/c1-22(2)25-18-26-23(17-28(25)36)9-5-10-24(26)30-29(37)31-27(19-38-30)32(39-20-34(42(3)4)11-6-12-34)41-33(40-31)44-21-35-13-7-15-43(35)16-8-14-35/h5,9-10,17-19,22H,6-8,11-16,20-21H2,1-4H3,(H,39,40,41). The molecule has 232 valence electrons. The molecule has 0 radical (unpaired) electrons. The SMILES string of the molecule is CC(C)c1cc2c(-c3ncc4c(NCC5(N(C)C)CCC5)nc(OCC56CCCN5CCC6)nc4c3F)cccc2cc1Cl. The fourth-order valence-electron chi connectivity index (χ4n) is 7.66. The van der Waals surface area contributed by atoms with Crippen molar-refractivity contribution in [3.8, 4) is 17.3 Å². The zero-order valence-electron chi connectivity index (χ0n) is 26.2. The van der Waals surface area contributed by atoms with Gasteiger partial charge in [0.15, 0.2) is 5.82 Å². The Morgan fingerprint density at radius 1 is 1.05 bits per heavy atom. The van der Waals surface area contributed by atoms with Crippen LogP contribution in [0.2, 0.25) is 5.02 Å². The van der Waals surface area contributed by atoms with Crippen LogP contribution in [0.3, 0.4) is 0 Å². The number of likely N-dealkylation sites (N-methyl/N-ethyl adjacent to an activating group) is 1. The van der Waals surface area contributed by atoms with Crippen molar-refractivity contribution in [2.75, 3.05) is 45.7 Å². The van der Waals surface area contributed by atoms with E-state index < -0.39 is 5.82 Å². The Bertz CT molecular complexity index is 1710. The van der Waals surface area contributed by atoms with Crippen molar-refractivity contribution in [1.82, 2.24) is 24.8 Å². The number of ether oxygens (including phenoxy) is 1. The van der Waals surface area contributed by atoms with Crippen molar-refractivity contribution in [2.24, 2.45) is 0 Å². The second kappa shape index (κ2) is 11.4. The number of halogens is 2. The Hall–Kier alpha value is -3.07. The maximum atomic E-state index is 16.7. The monoisotopic (exact) mass is 616 g/mol. The third-order valence-electron chi connectivity index (χ3n) is 10.6. The summed E-state index contributed by atoms with van der Waals surface area (Å²) in [6.07, 6.45) is 9.71. The highest BCUT2D eigenvalue weighted by atomic mass is 35.5. The number of nitrogens with one attached hydrogen (secondary N) is 1. The average molecular weight is 617 g/mol. The number of benzene rings is 2. The van der Waals surface area contributed by atoms with Crippen molar-refractivity contribution < 1.29 is 9.13 Å². The summed E-state index contributed by atoms with van der Waals surface area (Å²) >= 11 is 6.61. The Morgan fingerprint density at radius 2 is 1.82 bits per heavy atom. The highest BCUT2D eigenvalue weighted by Gasteiger charge is 2.45. The van der Waals surface area contributed by atoms with E-state index in [1.54, 1.807) is 6.20 Å². The maximum absolute atomic E-state index is 16.7. The minimum atomic E-state index is -0.473. The molecule has 0 spiro atoms. The van der Waals surface area contributed by atoms with Crippen molar-refractivity contribution in [3.05, 3.63) is 52.9 Å². The first-order valence-corrected chi connectivity index (χ1v) is 16.5. The lowest BCUT2D eigenvalue weighted by Gasteiger charge is -2.47. The van der Waals surface area contributed by atoms with Gasteiger partial charge < -0.3 is 15.0 Å². The molecular weight excluding hydrogens is 575 g/mol. The summed E-state index contributed by atoms with van der Waals surface area (Å²) in [5, 5.41) is 6.69. The summed E-state index contributed by atoms with van der Waals surface area (Å²) in [5.41, 5.74) is 2.30. The van der Waals surface area contributed by atoms with Gasteiger partial charge in [0.2, 0.25) is 0 Å². The lowest BCUT2D eigenvalue weighted by atomic mass is 9.75. The van der Waals surface area contributed by atoms with Crippen LogP contribution < -0.4 is 10.1 Å². The largest absolute Gasteiger partial charge is 0.461 e. The normalized spacial score (nSPS) is 19.2. The molecular formula is C35H42ClFN6O. The van der Waals surface area contributed by atoms with Gasteiger partial charge in [-0.25, -0.2) is 4.39 Å². The van der Waals surface area contributed by atoms with Crippen LogP contribution >= 0.6 is 11.6 Å². The van der Waals surface area contributed by atoms with Crippen molar-refractivity contribution >= 4 is 39.1 Å². The molecule has 2 aromatic heterocycles. The number of anilines is 1. The van der Waals surface area contributed by atoms with Crippen LogP contribution in [0, 0.1) is 5.82 Å². The highest BCUT2D eigenvalue weighted by Crippen LogP contribution is 2.41. The fraction of sp³-hybridized carbons (Fsp3) is 0.514. The second-order valence-corrected chi connectivity index (χ2v) is 14.0. The van der Waals surface area contributed by atoms with Gasteiger partial charge >= 0.3 is 6.01 Å². The zero-order valence-corrected chi connectivity index (χ0v) is 27.0. The van der Waals surface area contributed by atoms with Crippen LogP contribution in [0.15, 0.2) is 36.5 Å². The zero-order chi connectivity index (χ0) is 30.6. The molecule has 44 heavy (non-hydrogen) atoms. The molecule has 7 nitrogen and oxygen atoms in total. The third-order valence-corrected chi connectivity index (χ3v) is 11.0. The Morgan fingerprint density at radius 3 is 2.50 bits per heavy atom. The molecule has 2 aromatic carbocycles. The van der Waals surface area contributed by atoms with Crippen LogP contribution in [-0.4, -0.2) is 76.2 Å². The van der Waals surface area contributed by atoms with E-state index in [0.29, 0.717) is 34.9 Å². The summed E-state index contributed by atoms with van der Waals surface area (Å²) in [6, 6.07) is 10.1. The third kappa shape index (κ3) is 4.99. The van der Waals surface area contributed by atoms with Gasteiger partial charge in [-0.05, 0) is 107 Å². The molecule has 4 aromatic rings. The molecule has 4 heterocycles. The van der Waals surface area contributed by atoms with Gasteiger partial charge in [-0.1, -0.05) is 43.6 Å². The molecule has 2 aliphatic heterocycles. The van der Waals surface area contributed by atoms with E-state index in [0.717, 1.165) is 55.1 Å². The van der Waals surface area contributed by atoms with E-state index >= 15 is 4.39 Å². The van der Waals surface area contributed by atoms with Crippen molar-refractivity contribution in [1.29, 1.82) is 0 Å². The van der Waals surface area contributed by atoms with Crippen LogP contribution in [0.25, 0.3) is 32.9 Å². The van der Waals surface area contributed by atoms with Gasteiger partial charge in [-0.2, -0.15) is 9.97 Å². The summed E-state index contributed by atoms with van der Waals surface area (Å²) in [6.45, 7) is 7.66. The molecule has 2 saturated heterocycles. The summed E-state index contributed by atoms with van der Waals surface area (Å²) in [5.74, 6) is 0.320. The molecule has 3 aliphatic rings. The minimum Gasteiger partial charge on any atom is -0.461 e. The molecule has 9 heteroatoms. The number of fused-ring (bicyclic) bond motifs is 3. The van der Waals surface area contributed by atoms with Gasteiger partial charge in [0.1, 0.15) is 23.6 Å². The maximum Gasteiger partial charge on any atom is 0.319 e. The van der Waals surface area contributed by atoms with Crippen LogP contribution in [0.5, 0.6) is 6.01 Å². The molecule has 0 atom stereocenters. The van der Waals surface area contributed by atoms with E-state index in [2.05, 4.69) is 49.1 Å². The van der Waals surface area contributed by atoms with Gasteiger partial charge in [-0.3, -0.25) is 9.88 Å².